The van der Waals surface area contributed by atoms with Crippen molar-refractivity contribution in [1.82, 2.24) is 0 Å². The molecule has 0 aromatic heterocycles. The summed E-state index contributed by atoms with van der Waals surface area (Å²) >= 11 is 0. The SMILES string of the molecule is CC(C)[C@]1(CO)CC[C@H]([C@H]2CC[C@@]3(C)[C@@H]4CC[C@H]5C(C)(C)[C@@H](O)CC[C@@]56C[C@@]46CC[C@]23C)CO1. The van der Waals surface area contributed by atoms with E-state index in [4.69, 9.17) is 4.74 Å². The van der Waals surface area contributed by atoms with Gasteiger partial charge in [-0.3, -0.25) is 0 Å². The van der Waals surface area contributed by atoms with Crippen molar-refractivity contribution in [3.63, 3.8) is 0 Å². The Morgan fingerprint density at radius 3 is 2.15 bits per heavy atom. The monoisotopic (exact) mass is 472 g/mol. The molecule has 0 amide bonds. The summed E-state index contributed by atoms with van der Waals surface area (Å²) in [4.78, 5) is 0. The predicted molar refractivity (Wildman–Crippen MR) is 136 cm³/mol. The van der Waals surface area contributed by atoms with Crippen molar-refractivity contribution in [3.05, 3.63) is 0 Å². The van der Waals surface area contributed by atoms with Gasteiger partial charge >= 0.3 is 0 Å². The molecule has 3 heteroatoms. The standard InChI is InChI=1S/C31H52O3/c1-20(2)31(19-32)14-9-21(17-34-31)22-10-12-28(6)24-8-7-23-26(3,4)25(33)11-13-29(23)18-30(24,29)16-15-27(22,28)5/h20-25,32-33H,7-19H2,1-6H3/t21-,22+,23-,24-,25-,27+,28-,29+,30-,31+/m0/s1. The van der Waals surface area contributed by atoms with Crippen LogP contribution >= 0.6 is 0 Å². The first-order valence-electron chi connectivity index (χ1n) is 14.9. The molecule has 10 atom stereocenters. The fourth-order valence-corrected chi connectivity index (χ4v) is 12.1. The lowest BCUT2D eigenvalue weighted by atomic mass is 9.41. The van der Waals surface area contributed by atoms with E-state index in [2.05, 4.69) is 41.5 Å². The number of rotatable bonds is 3. The summed E-state index contributed by atoms with van der Waals surface area (Å²) in [5.41, 5.74) is 1.76. The van der Waals surface area contributed by atoms with Crippen LogP contribution in [-0.4, -0.2) is 35.1 Å². The summed E-state index contributed by atoms with van der Waals surface area (Å²) in [6.07, 6.45) is 14.2. The molecule has 2 spiro atoms. The van der Waals surface area contributed by atoms with Gasteiger partial charge in [0.25, 0.3) is 0 Å². The maximum absolute atomic E-state index is 10.9. The van der Waals surface area contributed by atoms with Crippen molar-refractivity contribution in [3.8, 4) is 0 Å². The molecule has 1 heterocycles. The molecule has 0 aromatic rings. The molecule has 194 valence electrons. The van der Waals surface area contributed by atoms with E-state index in [-0.39, 0.29) is 23.7 Å². The third-order valence-electron chi connectivity index (χ3n) is 14.6. The van der Waals surface area contributed by atoms with Crippen LogP contribution in [0.25, 0.3) is 0 Å². The van der Waals surface area contributed by atoms with Gasteiger partial charge in [0.15, 0.2) is 0 Å². The highest BCUT2D eigenvalue weighted by atomic mass is 16.5. The second-order valence-electron chi connectivity index (χ2n) is 15.5. The van der Waals surface area contributed by atoms with Gasteiger partial charge in [0.1, 0.15) is 0 Å². The molecule has 0 aromatic carbocycles. The summed E-state index contributed by atoms with van der Waals surface area (Å²) in [6.45, 7) is 15.6. The third-order valence-corrected chi connectivity index (χ3v) is 14.6. The van der Waals surface area contributed by atoms with E-state index < -0.39 is 0 Å². The van der Waals surface area contributed by atoms with Crippen LogP contribution in [0.1, 0.15) is 112 Å². The first-order valence-corrected chi connectivity index (χ1v) is 14.9. The number of hydrogen-bond acceptors (Lipinski definition) is 3. The maximum Gasteiger partial charge on any atom is 0.0934 e. The summed E-state index contributed by atoms with van der Waals surface area (Å²) in [5.74, 6) is 3.41. The average molecular weight is 473 g/mol. The van der Waals surface area contributed by atoms with Crippen LogP contribution in [0.3, 0.4) is 0 Å². The lowest BCUT2D eigenvalue weighted by Gasteiger charge is -2.63. The van der Waals surface area contributed by atoms with Crippen molar-refractivity contribution >= 4 is 0 Å². The van der Waals surface area contributed by atoms with Crippen LogP contribution in [0, 0.1) is 56.7 Å². The first kappa shape index (κ1) is 24.2. The number of fused-ring (bicyclic) bond motifs is 2. The summed E-state index contributed by atoms with van der Waals surface area (Å²) in [6, 6.07) is 0. The van der Waals surface area contributed by atoms with E-state index in [0.29, 0.717) is 33.5 Å². The van der Waals surface area contributed by atoms with Gasteiger partial charge in [0, 0.05) is 0 Å². The Hall–Kier alpha value is -0.120. The van der Waals surface area contributed by atoms with Gasteiger partial charge in [0.2, 0.25) is 0 Å². The zero-order valence-corrected chi connectivity index (χ0v) is 23.0. The number of ether oxygens (including phenoxy) is 1. The van der Waals surface area contributed by atoms with Crippen LogP contribution in [-0.2, 0) is 4.74 Å². The molecule has 1 saturated heterocycles. The van der Waals surface area contributed by atoms with Crippen LogP contribution in [0.5, 0.6) is 0 Å². The predicted octanol–water partition coefficient (Wildman–Crippen LogP) is 6.60. The highest BCUT2D eigenvalue weighted by Gasteiger charge is 2.82. The molecule has 5 saturated carbocycles. The summed E-state index contributed by atoms with van der Waals surface area (Å²) in [5, 5.41) is 21.0. The second kappa shape index (κ2) is 7.25. The maximum atomic E-state index is 10.9. The van der Waals surface area contributed by atoms with Gasteiger partial charge in [-0.25, -0.2) is 0 Å². The number of aliphatic hydroxyl groups is 2. The van der Waals surface area contributed by atoms with Crippen molar-refractivity contribution in [1.29, 1.82) is 0 Å². The van der Waals surface area contributed by atoms with Crippen LogP contribution in [0.4, 0.5) is 0 Å². The zero-order chi connectivity index (χ0) is 24.4. The highest BCUT2D eigenvalue weighted by molar-refractivity contribution is 5.30. The molecule has 6 aliphatic rings. The van der Waals surface area contributed by atoms with Gasteiger partial charge in [-0.15, -0.1) is 0 Å². The molecule has 6 fully saturated rings. The Kier molecular flexibility index (Phi) is 5.17. The van der Waals surface area contributed by atoms with E-state index in [1.807, 2.05) is 0 Å². The van der Waals surface area contributed by atoms with E-state index in [1.165, 1.54) is 57.8 Å². The highest BCUT2D eigenvalue weighted by Crippen LogP contribution is 2.89. The van der Waals surface area contributed by atoms with Crippen LogP contribution in [0.15, 0.2) is 0 Å². The largest absolute Gasteiger partial charge is 0.393 e. The van der Waals surface area contributed by atoms with Crippen LogP contribution < -0.4 is 0 Å². The number of hydrogen-bond donors (Lipinski definition) is 2. The quantitative estimate of drug-likeness (QED) is 0.486. The minimum Gasteiger partial charge on any atom is -0.393 e. The lowest BCUT2D eigenvalue weighted by Crippen LogP contribution is -2.58. The van der Waals surface area contributed by atoms with Crippen molar-refractivity contribution in [2.75, 3.05) is 13.2 Å². The Balaban J connectivity index is 1.25. The molecule has 6 rings (SSSR count). The third kappa shape index (κ3) is 2.66. The summed E-state index contributed by atoms with van der Waals surface area (Å²) < 4.78 is 6.52. The first-order chi connectivity index (χ1) is 15.9. The summed E-state index contributed by atoms with van der Waals surface area (Å²) in [7, 11) is 0. The van der Waals surface area contributed by atoms with Gasteiger partial charge < -0.3 is 14.9 Å². The van der Waals surface area contributed by atoms with E-state index in [1.54, 1.807) is 0 Å². The van der Waals surface area contributed by atoms with Crippen molar-refractivity contribution in [2.24, 2.45) is 56.7 Å². The van der Waals surface area contributed by atoms with Gasteiger partial charge in [-0.05, 0) is 127 Å². The minimum absolute atomic E-state index is 0.0850. The molecule has 0 bridgehead atoms. The fraction of sp³-hybridized carbons (Fsp3) is 1.00. The zero-order valence-electron chi connectivity index (χ0n) is 23.0. The Bertz CT molecular complexity index is 827. The molecule has 0 unspecified atom stereocenters. The smallest absolute Gasteiger partial charge is 0.0934 e. The van der Waals surface area contributed by atoms with Crippen LogP contribution in [0.2, 0.25) is 0 Å². The Morgan fingerprint density at radius 2 is 1.50 bits per heavy atom. The molecular weight excluding hydrogens is 420 g/mol. The molecular formula is C31H52O3. The van der Waals surface area contributed by atoms with Gasteiger partial charge in [-0.1, -0.05) is 41.5 Å². The van der Waals surface area contributed by atoms with E-state index in [0.717, 1.165) is 37.2 Å². The van der Waals surface area contributed by atoms with Gasteiger partial charge in [-0.2, -0.15) is 0 Å². The normalized spacial score (nSPS) is 58.0. The van der Waals surface area contributed by atoms with Crippen molar-refractivity contribution < 1.29 is 14.9 Å². The van der Waals surface area contributed by atoms with E-state index >= 15 is 0 Å². The lowest BCUT2D eigenvalue weighted by molar-refractivity contribution is -0.183. The topological polar surface area (TPSA) is 49.7 Å². The molecule has 3 nitrogen and oxygen atoms in total. The molecule has 1 aliphatic heterocycles. The molecule has 2 N–H and O–H groups in total. The van der Waals surface area contributed by atoms with Gasteiger partial charge in [0.05, 0.1) is 24.9 Å². The van der Waals surface area contributed by atoms with E-state index in [9.17, 15) is 10.2 Å². The molecule has 0 radical (unpaired) electrons. The number of aliphatic hydroxyl groups excluding tert-OH is 2. The Labute approximate surface area is 208 Å². The van der Waals surface area contributed by atoms with Crippen molar-refractivity contribution in [2.45, 2.75) is 124 Å². The molecule has 5 aliphatic carbocycles. The Morgan fingerprint density at radius 1 is 0.794 bits per heavy atom. The minimum atomic E-state index is -0.312. The average Bonchev–Trinajstić information content (AvgIpc) is 3.39. The fourth-order valence-electron chi connectivity index (χ4n) is 12.1. The second-order valence-corrected chi connectivity index (χ2v) is 15.5. The molecule has 34 heavy (non-hydrogen) atoms.